The number of benzene rings is 2. The summed E-state index contributed by atoms with van der Waals surface area (Å²) in [4.78, 5) is 13.7. The van der Waals surface area contributed by atoms with Crippen molar-refractivity contribution in [2.24, 2.45) is 0 Å². The number of quaternary nitrogens is 1. The van der Waals surface area contributed by atoms with Gasteiger partial charge in [0.2, 0.25) is 10.0 Å². The topological polar surface area (TPSA) is 106 Å². The minimum Gasteiger partial charge on any atom is -0.497 e. The third-order valence-electron chi connectivity index (χ3n) is 4.36. The Bertz CT molecular complexity index is 946. The number of nitrogens with zero attached hydrogens (tertiary/aromatic N) is 2. The molecule has 2 aromatic carbocycles. The summed E-state index contributed by atoms with van der Waals surface area (Å²) in [5.74, 6) is 0.723. The molecule has 0 fully saturated rings. The Morgan fingerprint density at radius 2 is 1.83 bits per heavy atom. The molecular weight excluding hydrogens is 396 g/mol. The van der Waals surface area contributed by atoms with Crippen molar-refractivity contribution in [1.29, 1.82) is 0 Å². The average Bonchev–Trinajstić information content (AvgIpc) is 2.67. The van der Waals surface area contributed by atoms with Crippen molar-refractivity contribution < 1.29 is 23.0 Å². The number of hydrogen-bond donors (Lipinski definition) is 2. The predicted molar refractivity (Wildman–Crippen MR) is 111 cm³/mol. The predicted octanol–water partition coefficient (Wildman–Crippen LogP) is 0.663. The lowest BCUT2D eigenvalue weighted by atomic mass is 10.2. The fourth-order valence-electron chi connectivity index (χ4n) is 2.75. The zero-order chi connectivity index (χ0) is 21.6. The highest BCUT2D eigenvalue weighted by Gasteiger charge is 2.23. The molecule has 0 saturated carbocycles. The highest BCUT2D eigenvalue weighted by Crippen LogP contribution is 2.31. The normalized spacial score (nSPS) is 11.5. The first kappa shape index (κ1) is 22.6. The van der Waals surface area contributed by atoms with Gasteiger partial charge in [-0.3, -0.25) is 10.1 Å². The summed E-state index contributed by atoms with van der Waals surface area (Å²) in [6.45, 7) is 1.27. The quantitative estimate of drug-likeness (QED) is 0.430. The molecule has 0 unspecified atom stereocenters. The van der Waals surface area contributed by atoms with Crippen LogP contribution in [0.25, 0.3) is 0 Å². The molecule has 0 aromatic heterocycles. The maximum absolute atomic E-state index is 12.5. The maximum Gasteiger partial charge on any atom is 0.293 e. The Balaban J connectivity index is 2.25. The summed E-state index contributed by atoms with van der Waals surface area (Å²) in [5, 5.41) is 11.6. The van der Waals surface area contributed by atoms with Gasteiger partial charge in [0.15, 0.2) is 0 Å². The Hall–Kier alpha value is -2.69. The zero-order valence-corrected chi connectivity index (χ0v) is 17.8. The van der Waals surface area contributed by atoms with Crippen molar-refractivity contribution >= 4 is 21.4 Å². The minimum absolute atomic E-state index is 0.125. The van der Waals surface area contributed by atoms with E-state index >= 15 is 0 Å². The molecule has 158 valence electrons. The summed E-state index contributed by atoms with van der Waals surface area (Å²) in [6.07, 6.45) is 0. The minimum atomic E-state index is -3.82. The monoisotopic (exact) mass is 423 g/mol. The maximum atomic E-state index is 12.5. The molecule has 0 aliphatic rings. The van der Waals surface area contributed by atoms with Gasteiger partial charge in [0, 0.05) is 19.7 Å². The Morgan fingerprint density at radius 3 is 2.38 bits per heavy atom. The third kappa shape index (κ3) is 6.14. The first-order valence-corrected chi connectivity index (χ1v) is 10.5. The van der Waals surface area contributed by atoms with E-state index in [1.807, 2.05) is 38.4 Å². The highest BCUT2D eigenvalue weighted by molar-refractivity contribution is 7.89. The van der Waals surface area contributed by atoms with Crippen LogP contribution in [0.3, 0.4) is 0 Å². The first-order valence-electron chi connectivity index (χ1n) is 9.05. The van der Waals surface area contributed by atoms with Crippen molar-refractivity contribution in [3.05, 3.63) is 58.1 Å². The molecule has 0 aliphatic carbocycles. The van der Waals surface area contributed by atoms with Crippen molar-refractivity contribution in [3.63, 3.8) is 0 Å². The third-order valence-corrected chi connectivity index (χ3v) is 5.82. The highest BCUT2D eigenvalue weighted by atomic mass is 32.2. The van der Waals surface area contributed by atoms with Crippen LogP contribution in [0, 0.1) is 10.1 Å². The van der Waals surface area contributed by atoms with Crippen LogP contribution in [0.4, 0.5) is 11.4 Å². The second-order valence-electron chi connectivity index (χ2n) is 6.97. The lowest BCUT2D eigenvalue weighted by molar-refractivity contribution is -0.856. The molecule has 2 N–H and O–H groups in total. The van der Waals surface area contributed by atoms with Gasteiger partial charge in [0.1, 0.15) is 11.4 Å². The fraction of sp³-hybridized carbons (Fsp3) is 0.368. The summed E-state index contributed by atoms with van der Waals surface area (Å²) >= 11 is 0. The average molecular weight is 424 g/mol. The molecule has 0 aliphatic heterocycles. The van der Waals surface area contributed by atoms with Gasteiger partial charge in [-0.25, -0.2) is 13.1 Å². The molecule has 29 heavy (non-hydrogen) atoms. The number of rotatable bonds is 10. The smallest absolute Gasteiger partial charge is 0.293 e. The van der Waals surface area contributed by atoms with Crippen LogP contribution >= 0.6 is 0 Å². The SMILES string of the molecule is COc1ccc(CN(C)c2ccc(S(=O)(=O)NCC[NH+](C)C)cc2[N+](=O)[O-])cc1. The van der Waals surface area contributed by atoms with Gasteiger partial charge in [-0.15, -0.1) is 0 Å². The van der Waals surface area contributed by atoms with Crippen LogP contribution in [0.15, 0.2) is 47.4 Å². The van der Waals surface area contributed by atoms with Crippen LogP contribution < -0.4 is 19.3 Å². The molecule has 10 heteroatoms. The number of nitrogens with one attached hydrogen (secondary N) is 2. The number of methoxy groups -OCH3 is 1. The van der Waals surface area contributed by atoms with E-state index in [0.29, 0.717) is 18.8 Å². The molecule has 0 spiro atoms. The van der Waals surface area contributed by atoms with Gasteiger partial charge in [0.05, 0.1) is 44.1 Å². The molecule has 2 rings (SSSR count). The summed E-state index contributed by atoms with van der Waals surface area (Å²) in [5.41, 5.74) is 1.01. The molecular formula is C19H27N4O5S+. The van der Waals surface area contributed by atoms with Gasteiger partial charge in [-0.05, 0) is 29.8 Å². The van der Waals surface area contributed by atoms with Crippen molar-refractivity contribution in [3.8, 4) is 5.75 Å². The molecule has 2 aromatic rings. The molecule has 0 heterocycles. The Labute approximate surface area is 171 Å². The van der Waals surface area contributed by atoms with E-state index in [2.05, 4.69) is 4.72 Å². The Morgan fingerprint density at radius 1 is 1.17 bits per heavy atom. The van der Waals surface area contributed by atoms with E-state index in [4.69, 9.17) is 4.74 Å². The van der Waals surface area contributed by atoms with Gasteiger partial charge in [-0.1, -0.05) is 12.1 Å². The molecule has 0 saturated heterocycles. The van der Waals surface area contributed by atoms with Crippen LogP contribution in [0.1, 0.15) is 5.56 Å². The van der Waals surface area contributed by atoms with Gasteiger partial charge in [-0.2, -0.15) is 0 Å². The summed E-state index contributed by atoms with van der Waals surface area (Å²) in [6, 6.07) is 11.3. The van der Waals surface area contributed by atoms with Crippen molar-refractivity contribution in [2.45, 2.75) is 11.4 Å². The lowest BCUT2D eigenvalue weighted by Gasteiger charge is -2.20. The van der Waals surface area contributed by atoms with Crippen LogP contribution in [0.2, 0.25) is 0 Å². The second kappa shape index (κ2) is 9.68. The second-order valence-corrected chi connectivity index (χ2v) is 8.73. The fourth-order valence-corrected chi connectivity index (χ4v) is 3.80. The number of nitro groups is 1. The van der Waals surface area contributed by atoms with Crippen molar-refractivity contribution in [1.82, 2.24) is 4.72 Å². The number of nitro benzene ring substituents is 1. The van der Waals surface area contributed by atoms with E-state index in [1.54, 1.807) is 19.1 Å². The molecule has 0 radical (unpaired) electrons. The first-order chi connectivity index (χ1) is 13.6. The van der Waals surface area contributed by atoms with Crippen LogP contribution in [-0.4, -0.2) is 54.7 Å². The molecule has 0 bridgehead atoms. The number of sulfonamides is 1. The number of ether oxygens (including phenoxy) is 1. The van der Waals surface area contributed by atoms with E-state index in [0.717, 1.165) is 22.3 Å². The zero-order valence-electron chi connectivity index (χ0n) is 17.0. The largest absolute Gasteiger partial charge is 0.497 e. The standard InChI is InChI=1S/C19H26N4O5S/c1-21(2)12-11-20-29(26,27)17-9-10-18(19(13-17)23(24)25)22(3)14-15-5-7-16(28-4)8-6-15/h5-10,13,20H,11-12,14H2,1-4H3/p+1. The van der Waals surface area contributed by atoms with E-state index in [-0.39, 0.29) is 17.1 Å². The summed E-state index contributed by atoms with van der Waals surface area (Å²) in [7, 11) is 3.30. The molecule has 0 atom stereocenters. The van der Waals surface area contributed by atoms with E-state index in [9.17, 15) is 18.5 Å². The van der Waals surface area contributed by atoms with Crippen LogP contribution in [-0.2, 0) is 16.6 Å². The van der Waals surface area contributed by atoms with Gasteiger partial charge >= 0.3 is 0 Å². The van der Waals surface area contributed by atoms with Crippen molar-refractivity contribution in [2.75, 3.05) is 46.2 Å². The van der Waals surface area contributed by atoms with Crippen LogP contribution in [0.5, 0.6) is 5.75 Å². The van der Waals surface area contributed by atoms with E-state index in [1.165, 1.54) is 12.1 Å². The molecule has 9 nitrogen and oxygen atoms in total. The number of anilines is 1. The number of hydrogen-bond acceptors (Lipinski definition) is 6. The van der Waals surface area contributed by atoms with E-state index < -0.39 is 14.9 Å². The van der Waals surface area contributed by atoms with Gasteiger partial charge in [0.25, 0.3) is 5.69 Å². The molecule has 0 amide bonds. The Kier molecular flexibility index (Phi) is 7.54. The number of likely N-dealkylation sites (N-methyl/N-ethyl adjacent to an activating group) is 1. The lowest BCUT2D eigenvalue weighted by Crippen LogP contribution is -3.06. The summed E-state index contributed by atoms with van der Waals surface area (Å²) < 4.78 is 32.5. The van der Waals surface area contributed by atoms with Gasteiger partial charge < -0.3 is 14.5 Å².